The zero-order valence-electron chi connectivity index (χ0n) is 14.4. The van der Waals surface area contributed by atoms with Crippen LogP contribution in [0.15, 0.2) is 24.3 Å². The minimum atomic E-state index is -2.96. The number of halogens is 2. The van der Waals surface area contributed by atoms with Gasteiger partial charge in [0.25, 0.3) is 0 Å². The van der Waals surface area contributed by atoms with Gasteiger partial charge in [-0.3, -0.25) is 9.59 Å². The van der Waals surface area contributed by atoms with Crippen LogP contribution in [0.1, 0.15) is 49.4 Å². The van der Waals surface area contributed by atoms with E-state index in [0.717, 1.165) is 0 Å². The average Bonchev–Trinajstić information content (AvgIpc) is 2.87. The number of carbonyl (C=O) groups is 3. The van der Waals surface area contributed by atoms with E-state index in [9.17, 15) is 23.2 Å². The van der Waals surface area contributed by atoms with E-state index in [1.807, 2.05) is 0 Å². The minimum Gasteiger partial charge on any atom is -0.454 e. The molecule has 0 unspecified atom stereocenters. The van der Waals surface area contributed by atoms with Crippen LogP contribution in [0, 0.1) is 13.8 Å². The van der Waals surface area contributed by atoms with Crippen molar-refractivity contribution in [1.82, 2.24) is 4.98 Å². The molecule has 1 heterocycles. The van der Waals surface area contributed by atoms with Gasteiger partial charge in [0.2, 0.25) is 5.78 Å². The number of nitrogens with one attached hydrogen (secondary N) is 1. The predicted molar refractivity (Wildman–Crippen MR) is 88.0 cm³/mol. The zero-order chi connectivity index (χ0) is 19.4. The molecule has 6 nitrogen and oxygen atoms in total. The van der Waals surface area contributed by atoms with Gasteiger partial charge >= 0.3 is 12.6 Å². The third-order valence-electron chi connectivity index (χ3n) is 3.72. The van der Waals surface area contributed by atoms with Gasteiger partial charge in [-0.05, 0) is 50.6 Å². The number of aromatic nitrogens is 1. The fraction of sp³-hybridized carbons (Fsp3) is 0.278. The SMILES string of the molecule is CC(=O)c1c(C)[nH]c(C(=O)COC(=O)c2ccc(OC(F)F)cc2)c1C. The van der Waals surface area contributed by atoms with Gasteiger partial charge in [-0.2, -0.15) is 8.78 Å². The van der Waals surface area contributed by atoms with E-state index in [0.29, 0.717) is 16.8 Å². The summed E-state index contributed by atoms with van der Waals surface area (Å²) in [6.07, 6.45) is 0. The van der Waals surface area contributed by atoms with Crippen LogP contribution in [-0.4, -0.2) is 35.7 Å². The Morgan fingerprint density at radius 3 is 2.23 bits per heavy atom. The number of Topliss-reactive ketones (excluding diaryl/α,β-unsaturated/α-hetero) is 2. The molecule has 1 N–H and O–H groups in total. The highest BCUT2D eigenvalue weighted by atomic mass is 19.3. The molecule has 0 spiro atoms. The molecule has 0 saturated carbocycles. The normalized spacial score (nSPS) is 10.7. The molecule has 0 aliphatic carbocycles. The van der Waals surface area contributed by atoms with E-state index in [2.05, 4.69) is 9.72 Å². The molecule has 0 bridgehead atoms. The first kappa shape index (κ1) is 19.3. The van der Waals surface area contributed by atoms with Gasteiger partial charge in [-0.25, -0.2) is 4.79 Å². The summed E-state index contributed by atoms with van der Waals surface area (Å²) in [6.45, 7) is 1.23. The van der Waals surface area contributed by atoms with Crippen molar-refractivity contribution >= 4 is 17.5 Å². The lowest BCUT2D eigenvalue weighted by Crippen LogP contribution is -2.15. The molecule has 8 heteroatoms. The second-order valence-electron chi connectivity index (χ2n) is 5.58. The Morgan fingerprint density at radius 1 is 1.12 bits per heavy atom. The van der Waals surface area contributed by atoms with E-state index in [1.165, 1.54) is 31.2 Å². The van der Waals surface area contributed by atoms with Crippen molar-refractivity contribution in [3.63, 3.8) is 0 Å². The molecule has 0 atom stereocenters. The van der Waals surface area contributed by atoms with Crippen LogP contribution in [0.3, 0.4) is 0 Å². The third-order valence-corrected chi connectivity index (χ3v) is 3.72. The maximum Gasteiger partial charge on any atom is 0.387 e. The topological polar surface area (TPSA) is 85.5 Å². The lowest BCUT2D eigenvalue weighted by atomic mass is 10.1. The summed E-state index contributed by atoms with van der Waals surface area (Å²) in [7, 11) is 0. The number of aromatic amines is 1. The van der Waals surface area contributed by atoms with Crippen LogP contribution in [0.25, 0.3) is 0 Å². The van der Waals surface area contributed by atoms with Gasteiger partial charge in [0.15, 0.2) is 12.4 Å². The van der Waals surface area contributed by atoms with Gasteiger partial charge in [0.1, 0.15) is 5.75 Å². The van der Waals surface area contributed by atoms with Crippen LogP contribution in [0.5, 0.6) is 5.75 Å². The highest BCUT2D eigenvalue weighted by Crippen LogP contribution is 2.19. The molecule has 0 aliphatic heterocycles. The molecule has 2 aromatic rings. The molecule has 1 aromatic heterocycles. The number of hydrogen-bond acceptors (Lipinski definition) is 5. The van der Waals surface area contributed by atoms with Gasteiger partial charge in [-0.1, -0.05) is 0 Å². The summed E-state index contributed by atoms with van der Waals surface area (Å²) < 4.78 is 33.3. The average molecular weight is 365 g/mol. The van der Waals surface area contributed by atoms with E-state index in [-0.39, 0.29) is 22.8 Å². The Balaban J connectivity index is 2.02. The first-order valence-corrected chi connectivity index (χ1v) is 7.66. The van der Waals surface area contributed by atoms with E-state index >= 15 is 0 Å². The van der Waals surface area contributed by atoms with Crippen molar-refractivity contribution in [1.29, 1.82) is 0 Å². The number of ether oxygens (including phenoxy) is 2. The first-order chi connectivity index (χ1) is 12.2. The van der Waals surface area contributed by atoms with Crippen LogP contribution in [-0.2, 0) is 4.74 Å². The van der Waals surface area contributed by atoms with Crippen molar-refractivity contribution in [2.24, 2.45) is 0 Å². The molecule has 0 saturated heterocycles. The van der Waals surface area contributed by atoms with E-state index in [1.54, 1.807) is 13.8 Å². The molecule has 0 amide bonds. The summed E-state index contributed by atoms with van der Waals surface area (Å²) in [5, 5.41) is 0. The molecule has 0 radical (unpaired) electrons. The van der Waals surface area contributed by atoms with Crippen LogP contribution < -0.4 is 4.74 Å². The zero-order valence-corrected chi connectivity index (χ0v) is 14.4. The number of aryl methyl sites for hydroxylation is 1. The van der Waals surface area contributed by atoms with E-state index in [4.69, 9.17) is 4.74 Å². The van der Waals surface area contributed by atoms with Crippen molar-refractivity contribution in [3.8, 4) is 5.75 Å². The van der Waals surface area contributed by atoms with Crippen molar-refractivity contribution in [2.75, 3.05) is 6.61 Å². The molecular formula is C18H17F2NO5. The Morgan fingerprint density at radius 2 is 1.73 bits per heavy atom. The first-order valence-electron chi connectivity index (χ1n) is 7.66. The predicted octanol–water partition coefficient (Wildman–Crippen LogP) is 3.48. The maximum atomic E-state index is 12.2. The number of hydrogen-bond donors (Lipinski definition) is 1. The molecule has 0 fully saturated rings. The number of benzene rings is 1. The fourth-order valence-electron chi connectivity index (χ4n) is 2.62. The number of alkyl halides is 2. The van der Waals surface area contributed by atoms with Gasteiger partial charge in [0.05, 0.1) is 11.3 Å². The molecular weight excluding hydrogens is 348 g/mol. The Hall–Kier alpha value is -3.03. The highest BCUT2D eigenvalue weighted by molar-refractivity contribution is 6.04. The Labute approximate surface area is 148 Å². The monoisotopic (exact) mass is 365 g/mol. The Kier molecular flexibility index (Phi) is 5.86. The molecule has 138 valence electrons. The molecule has 1 aromatic carbocycles. The summed E-state index contributed by atoms with van der Waals surface area (Å²) in [5.41, 5.74) is 1.81. The standard InChI is InChI=1S/C18H17F2NO5/c1-9-15(11(3)22)10(2)21-16(9)14(23)8-25-17(24)12-4-6-13(7-5-12)26-18(19)20/h4-7,18,21H,8H2,1-3H3. The maximum absolute atomic E-state index is 12.2. The number of esters is 1. The minimum absolute atomic E-state index is 0.0863. The number of ketones is 2. The second-order valence-corrected chi connectivity index (χ2v) is 5.58. The van der Waals surface area contributed by atoms with E-state index < -0.39 is 25.0 Å². The number of H-pyrrole nitrogens is 1. The summed E-state index contributed by atoms with van der Waals surface area (Å²) in [5.74, 6) is -1.53. The molecule has 0 aliphatic rings. The highest BCUT2D eigenvalue weighted by Gasteiger charge is 2.21. The second kappa shape index (κ2) is 7.90. The van der Waals surface area contributed by atoms with Crippen molar-refractivity contribution < 1.29 is 32.6 Å². The van der Waals surface area contributed by atoms with Gasteiger partial charge in [-0.15, -0.1) is 0 Å². The fourth-order valence-corrected chi connectivity index (χ4v) is 2.62. The number of carbonyl (C=O) groups excluding carboxylic acids is 3. The lowest BCUT2D eigenvalue weighted by Gasteiger charge is -2.06. The molecule has 26 heavy (non-hydrogen) atoms. The van der Waals surface area contributed by atoms with Crippen molar-refractivity contribution in [3.05, 3.63) is 52.3 Å². The largest absolute Gasteiger partial charge is 0.454 e. The third kappa shape index (κ3) is 4.33. The van der Waals surface area contributed by atoms with Crippen LogP contribution in [0.4, 0.5) is 8.78 Å². The quantitative estimate of drug-likeness (QED) is 0.600. The summed E-state index contributed by atoms with van der Waals surface area (Å²) in [4.78, 5) is 38.6. The smallest absolute Gasteiger partial charge is 0.387 e. The van der Waals surface area contributed by atoms with Gasteiger partial charge < -0.3 is 14.5 Å². The van der Waals surface area contributed by atoms with Crippen molar-refractivity contribution in [2.45, 2.75) is 27.4 Å². The number of rotatable bonds is 7. The van der Waals surface area contributed by atoms with Crippen LogP contribution >= 0.6 is 0 Å². The molecule has 2 rings (SSSR count). The Bertz CT molecular complexity index is 840. The van der Waals surface area contributed by atoms with Gasteiger partial charge in [0, 0.05) is 11.3 Å². The van der Waals surface area contributed by atoms with Crippen LogP contribution in [0.2, 0.25) is 0 Å². The summed E-state index contributed by atoms with van der Waals surface area (Å²) >= 11 is 0. The lowest BCUT2D eigenvalue weighted by molar-refractivity contribution is -0.0498. The summed E-state index contributed by atoms with van der Waals surface area (Å²) in [6, 6.07) is 4.90.